The molecule has 15 heteroatoms. The quantitative estimate of drug-likeness (QED) is 0.102. The van der Waals surface area contributed by atoms with Gasteiger partial charge in [0, 0.05) is 0 Å². The predicted molar refractivity (Wildman–Crippen MR) is 129 cm³/mol. The van der Waals surface area contributed by atoms with Gasteiger partial charge in [-0.3, -0.25) is 0 Å². The first kappa shape index (κ1) is 28.8. The molecule has 0 unspecified atom stereocenters. The molecule has 15 nitrogen and oxygen atoms in total. The lowest BCUT2D eigenvalue weighted by molar-refractivity contribution is 0.00627. The summed E-state index contributed by atoms with van der Waals surface area (Å²) in [5.74, 6) is -11.9. The van der Waals surface area contributed by atoms with E-state index in [-0.39, 0.29) is 16.7 Å². The molecule has 3 aromatic carbocycles. The van der Waals surface area contributed by atoms with Crippen LogP contribution in [0.15, 0.2) is 36.4 Å². The highest BCUT2D eigenvalue weighted by atomic mass is 16.6. The summed E-state index contributed by atoms with van der Waals surface area (Å²) < 4.78 is 15.2. The lowest BCUT2D eigenvalue weighted by Gasteiger charge is -2.18. The summed E-state index contributed by atoms with van der Waals surface area (Å²) in [7, 11) is 0. The van der Waals surface area contributed by atoms with Crippen LogP contribution in [0.5, 0.6) is 51.7 Å². The van der Waals surface area contributed by atoms with Crippen molar-refractivity contribution in [3.05, 3.63) is 53.1 Å². The Morgan fingerprint density at radius 1 is 0.450 bits per heavy atom. The van der Waals surface area contributed by atoms with Gasteiger partial charge in [-0.25, -0.2) is 14.4 Å². The molecule has 3 aromatic rings. The molecule has 0 aliphatic carbocycles. The van der Waals surface area contributed by atoms with Crippen LogP contribution in [0.25, 0.3) is 0 Å². The fourth-order valence-corrected chi connectivity index (χ4v) is 3.14. The first-order chi connectivity index (χ1) is 18.8. The average Bonchev–Trinajstić information content (AvgIpc) is 2.91. The second-order valence-electron chi connectivity index (χ2n) is 8.25. The molecule has 0 heterocycles. The second-order valence-corrected chi connectivity index (χ2v) is 8.25. The molecule has 0 radical (unpaired) electrons. The molecule has 0 spiro atoms. The molecule has 40 heavy (non-hydrogen) atoms. The number of hydrogen-bond donors (Lipinski definition) is 9. The first-order valence-corrected chi connectivity index (χ1v) is 11.0. The van der Waals surface area contributed by atoms with Crippen LogP contribution in [0.1, 0.15) is 31.1 Å². The molecular weight excluding hydrogens is 540 g/mol. The maximum atomic E-state index is 12.4. The lowest BCUT2D eigenvalue weighted by Crippen LogP contribution is -2.26. The zero-order valence-corrected chi connectivity index (χ0v) is 20.1. The number of benzene rings is 3. The van der Waals surface area contributed by atoms with Crippen molar-refractivity contribution in [2.24, 2.45) is 5.92 Å². The van der Waals surface area contributed by atoms with Crippen molar-refractivity contribution in [2.75, 3.05) is 19.8 Å². The number of hydrogen-bond acceptors (Lipinski definition) is 15. The van der Waals surface area contributed by atoms with E-state index in [1.807, 2.05) is 0 Å². The van der Waals surface area contributed by atoms with Crippen LogP contribution in [-0.4, -0.2) is 83.7 Å². The van der Waals surface area contributed by atoms with Gasteiger partial charge in [0.1, 0.15) is 19.8 Å². The molecule has 0 aliphatic heterocycles. The topological polar surface area (TPSA) is 261 Å². The standard InChI is InChI=1S/C25H22O15/c26-14-1-11(2-15(27)20(14)32)23(35)38-7-10(8-39-24(36)12-3-16(28)21(33)17(29)4-12)9-40-25(37)13-5-18(30)22(34)19(31)6-13/h1-6,10,26-34H,7-9H2. The zero-order valence-electron chi connectivity index (χ0n) is 20.1. The highest BCUT2D eigenvalue weighted by Gasteiger charge is 2.23. The smallest absolute Gasteiger partial charge is 0.338 e. The maximum absolute atomic E-state index is 12.4. The Morgan fingerprint density at radius 3 is 0.850 bits per heavy atom. The van der Waals surface area contributed by atoms with E-state index in [2.05, 4.69) is 0 Å². The van der Waals surface area contributed by atoms with E-state index in [0.717, 1.165) is 36.4 Å². The van der Waals surface area contributed by atoms with Gasteiger partial charge < -0.3 is 60.2 Å². The van der Waals surface area contributed by atoms with Crippen LogP contribution in [0.4, 0.5) is 0 Å². The number of rotatable bonds is 9. The molecular formula is C25H22O15. The zero-order chi connectivity index (χ0) is 29.7. The van der Waals surface area contributed by atoms with Crippen molar-refractivity contribution in [1.82, 2.24) is 0 Å². The van der Waals surface area contributed by atoms with E-state index >= 15 is 0 Å². The summed E-state index contributed by atoms with van der Waals surface area (Å²) in [5, 5.41) is 85.8. The molecule has 0 saturated heterocycles. The van der Waals surface area contributed by atoms with E-state index in [0.29, 0.717) is 0 Å². The highest BCUT2D eigenvalue weighted by molar-refractivity contribution is 5.92. The number of carbonyl (C=O) groups is 3. The largest absolute Gasteiger partial charge is 0.504 e. The molecule has 9 N–H and O–H groups in total. The predicted octanol–water partition coefficient (Wildman–Crippen LogP) is 1.52. The number of aromatic hydroxyl groups is 9. The Morgan fingerprint density at radius 2 is 0.650 bits per heavy atom. The maximum Gasteiger partial charge on any atom is 0.338 e. The minimum atomic E-state index is -1.10. The van der Waals surface area contributed by atoms with Crippen molar-refractivity contribution in [2.45, 2.75) is 0 Å². The van der Waals surface area contributed by atoms with Crippen LogP contribution < -0.4 is 0 Å². The first-order valence-electron chi connectivity index (χ1n) is 11.0. The average molecular weight is 562 g/mol. The van der Waals surface area contributed by atoms with Gasteiger partial charge in [0.05, 0.1) is 22.6 Å². The van der Waals surface area contributed by atoms with E-state index in [9.17, 15) is 60.3 Å². The number of esters is 3. The molecule has 0 aromatic heterocycles. The van der Waals surface area contributed by atoms with Crippen molar-refractivity contribution in [3.8, 4) is 51.7 Å². The van der Waals surface area contributed by atoms with Crippen LogP contribution in [0.3, 0.4) is 0 Å². The van der Waals surface area contributed by atoms with Crippen LogP contribution in [0.2, 0.25) is 0 Å². The van der Waals surface area contributed by atoms with Gasteiger partial charge in [-0.05, 0) is 36.4 Å². The van der Waals surface area contributed by atoms with Gasteiger partial charge in [0.2, 0.25) is 0 Å². The number of ether oxygens (including phenoxy) is 3. The molecule has 0 atom stereocenters. The highest BCUT2D eigenvalue weighted by Crippen LogP contribution is 2.37. The van der Waals surface area contributed by atoms with Gasteiger partial charge >= 0.3 is 17.9 Å². The van der Waals surface area contributed by atoms with E-state index in [1.54, 1.807) is 0 Å². The normalized spacial score (nSPS) is 10.7. The minimum Gasteiger partial charge on any atom is -0.504 e. The molecule has 0 saturated carbocycles. The van der Waals surface area contributed by atoms with E-state index in [4.69, 9.17) is 14.2 Å². The SMILES string of the molecule is O=C(OCC(COC(=O)c1cc(O)c(O)c(O)c1)COC(=O)c1cc(O)c(O)c(O)c1)c1cc(O)c(O)c(O)c1. The number of phenols is 9. The summed E-state index contributed by atoms with van der Waals surface area (Å²) in [6.07, 6.45) is 0. The van der Waals surface area contributed by atoms with Crippen molar-refractivity contribution < 1.29 is 74.6 Å². The van der Waals surface area contributed by atoms with Crippen molar-refractivity contribution in [3.63, 3.8) is 0 Å². The Balaban J connectivity index is 1.73. The summed E-state index contributed by atoms with van der Waals surface area (Å²) in [4.78, 5) is 37.2. The van der Waals surface area contributed by atoms with Gasteiger partial charge in [0.15, 0.2) is 51.7 Å². The fraction of sp³-hybridized carbons (Fsp3) is 0.160. The molecule has 212 valence electrons. The molecule has 3 rings (SSSR count). The monoisotopic (exact) mass is 562 g/mol. The van der Waals surface area contributed by atoms with Gasteiger partial charge in [-0.15, -0.1) is 0 Å². The van der Waals surface area contributed by atoms with Crippen molar-refractivity contribution in [1.29, 1.82) is 0 Å². The molecule has 0 aliphatic rings. The van der Waals surface area contributed by atoms with Gasteiger partial charge in [-0.1, -0.05) is 0 Å². The summed E-state index contributed by atoms with van der Waals surface area (Å²) >= 11 is 0. The number of carbonyl (C=O) groups excluding carboxylic acids is 3. The molecule has 0 bridgehead atoms. The van der Waals surface area contributed by atoms with Crippen molar-refractivity contribution >= 4 is 17.9 Å². The molecule has 0 fully saturated rings. The summed E-state index contributed by atoms with van der Waals surface area (Å²) in [5.41, 5.74) is -1.11. The van der Waals surface area contributed by atoms with E-state index < -0.39 is 95.4 Å². The second kappa shape index (κ2) is 11.8. The van der Waals surface area contributed by atoms with E-state index in [1.165, 1.54) is 0 Å². The summed E-state index contributed by atoms with van der Waals surface area (Å²) in [6.45, 7) is -1.75. The van der Waals surface area contributed by atoms with Gasteiger partial charge in [0.25, 0.3) is 0 Å². The Kier molecular flexibility index (Phi) is 8.48. The van der Waals surface area contributed by atoms with Crippen LogP contribution >= 0.6 is 0 Å². The lowest BCUT2D eigenvalue weighted by atomic mass is 10.1. The third kappa shape index (κ3) is 6.58. The third-order valence-corrected chi connectivity index (χ3v) is 5.27. The minimum absolute atomic E-state index is 0.370. The molecule has 0 amide bonds. The third-order valence-electron chi connectivity index (χ3n) is 5.27. The fourth-order valence-electron chi connectivity index (χ4n) is 3.14. The Labute approximate surface area is 223 Å². The van der Waals surface area contributed by atoms with Crippen LogP contribution in [0, 0.1) is 5.92 Å². The van der Waals surface area contributed by atoms with Gasteiger partial charge in [-0.2, -0.15) is 0 Å². The summed E-state index contributed by atoms with van der Waals surface area (Å²) in [6, 6.07) is 4.83. The Hall–Kier alpha value is -5.73. The van der Waals surface area contributed by atoms with Crippen LogP contribution in [-0.2, 0) is 14.2 Å². The number of phenolic OH excluding ortho intramolecular Hbond substituents is 9. The Bertz CT molecular complexity index is 1220.